The van der Waals surface area contributed by atoms with Gasteiger partial charge in [-0.25, -0.2) is 0 Å². The third-order valence-corrected chi connectivity index (χ3v) is 4.32. The molecular formula is C20H15NO2. The molecule has 112 valence electrons. The van der Waals surface area contributed by atoms with Crippen molar-refractivity contribution in [2.45, 2.75) is 6.42 Å². The van der Waals surface area contributed by atoms with Crippen molar-refractivity contribution in [3.63, 3.8) is 0 Å². The zero-order valence-corrected chi connectivity index (χ0v) is 12.5. The Morgan fingerprint density at radius 3 is 2.00 bits per heavy atom. The number of hydrogen-bond donors (Lipinski definition) is 0. The van der Waals surface area contributed by atoms with Crippen LogP contribution in [0.15, 0.2) is 66.7 Å². The van der Waals surface area contributed by atoms with E-state index >= 15 is 0 Å². The molecule has 4 rings (SSSR count). The number of benzene rings is 3. The summed E-state index contributed by atoms with van der Waals surface area (Å²) in [5.41, 5.74) is 2.15. The maximum absolute atomic E-state index is 12.3. The molecule has 0 unspecified atom stereocenters. The van der Waals surface area contributed by atoms with Gasteiger partial charge in [-0.05, 0) is 34.9 Å². The molecule has 3 aromatic carbocycles. The third kappa shape index (κ3) is 2.30. The number of imide groups is 1. The average Bonchev–Trinajstić information content (AvgIpc) is 2.84. The summed E-state index contributed by atoms with van der Waals surface area (Å²) >= 11 is 0. The van der Waals surface area contributed by atoms with Gasteiger partial charge in [-0.2, -0.15) is 0 Å². The number of carbonyl (C=O) groups is 2. The molecule has 3 heteroatoms. The predicted octanol–water partition coefficient (Wildman–Crippen LogP) is 3.68. The molecule has 0 radical (unpaired) electrons. The van der Waals surface area contributed by atoms with Crippen LogP contribution >= 0.6 is 0 Å². The van der Waals surface area contributed by atoms with Gasteiger partial charge in [0.15, 0.2) is 0 Å². The highest BCUT2D eigenvalue weighted by Gasteiger charge is 2.34. The maximum atomic E-state index is 12.3. The molecule has 1 aliphatic rings. The Morgan fingerprint density at radius 1 is 0.696 bits per heavy atom. The van der Waals surface area contributed by atoms with Crippen molar-refractivity contribution in [3.8, 4) is 0 Å². The van der Waals surface area contributed by atoms with Crippen molar-refractivity contribution in [1.29, 1.82) is 0 Å². The van der Waals surface area contributed by atoms with Crippen molar-refractivity contribution in [1.82, 2.24) is 4.90 Å². The lowest BCUT2D eigenvalue weighted by atomic mass is 10.1. The van der Waals surface area contributed by atoms with Crippen molar-refractivity contribution >= 4 is 22.6 Å². The fourth-order valence-electron chi connectivity index (χ4n) is 3.08. The first-order chi connectivity index (χ1) is 11.2. The Kier molecular flexibility index (Phi) is 3.19. The number of carbonyl (C=O) groups excluding carboxylic acids is 2. The lowest BCUT2D eigenvalue weighted by molar-refractivity contribution is 0.0656. The van der Waals surface area contributed by atoms with Gasteiger partial charge in [-0.1, -0.05) is 54.6 Å². The van der Waals surface area contributed by atoms with E-state index in [0.717, 1.165) is 5.56 Å². The van der Waals surface area contributed by atoms with Crippen LogP contribution in [0, 0.1) is 0 Å². The molecule has 23 heavy (non-hydrogen) atoms. The van der Waals surface area contributed by atoms with Crippen molar-refractivity contribution in [2.75, 3.05) is 6.54 Å². The van der Waals surface area contributed by atoms with E-state index in [0.29, 0.717) is 24.1 Å². The summed E-state index contributed by atoms with van der Waals surface area (Å²) in [4.78, 5) is 26.0. The highest BCUT2D eigenvalue weighted by atomic mass is 16.2. The number of hydrogen-bond acceptors (Lipinski definition) is 2. The van der Waals surface area contributed by atoms with Crippen LogP contribution in [0.3, 0.4) is 0 Å². The fraction of sp³-hybridized carbons (Fsp3) is 0.100. The summed E-state index contributed by atoms with van der Waals surface area (Å²) in [6.45, 7) is 0.407. The Morgan fingerprint density at radius 2 is 1.30 bits per heavy atom. The molecule has 0 bridgehead atoms. The molecule has 3 aromatic rings. The molecule has 1 aliphatic heterocycles. The Balaban J connectivity index is 1.55. The van der Waals surface area contributed by atoms with Crippen molar-refractivity contribution in [2.24, 2.45) is 0 Å². The molecule has 0 N–H and O–H groups in total. The molecule has 0 fully saturated rings. The summed E-state index contributed by atoms with van der Waals surface area (Å²) in [6.07, 6.45) is 0.663. The second-order valence-electron chi connectivity index (χ2n) is 5.74. The van der Waals surface area contributed by atoms with Crippen LogP contribution in [-0.4, -0.2) is 23.3 Å². The summed E-state index contributed by atoms with van der Waals surface area (Å²) < 4.78 is 0. The monoisotopic (exact) mass is 301 g/mol. The van der Waals surface area contributed by atoms with E-state index in [1.807, 2.05) is 12.1 Å². The number of fused-ring (bicyclic) bond motifs is 2. The summed E-state index contributed by atoms with van der Waals surface area (Å²) in [5.74, 6) is -0.377. The van der Waals surface area contributed by atoms with Gasteiger partial charge in [0, 0.05) is 6.54 Å². The van der Waals surface area contributed by atoms with E-state index in [9.17, 15) is 9.59 Å². The lowest BCUT2D eigenvalue weighted by Gasteiger charge is -2.14. The Labute approximate surface area is 134 Å². The van der Waals surface area contributed by atoms with Gasteiger partial charge < -0.3 is 0 Å². The van der Waals surface area contributed by atoms with Gasteiger partial charge in [0.2, 0.25) is 0 Å². The van der Waals surface area contributed by atoms with Gasteiger partial charge in [0.05, 0.1) is 11.1 Å². The highest BCUT2D eigenvalue weighted by molar-refractivity contribution is 6.21. The molecule has 0 aromatic heterocycles. The van der Waals surface area contributed by atoms with E-state index in [4.69, 9.17) is 0 Å². The van der Waals surface area contributed by atoms with E-state index in [1.54, 1.807) is 24.3 Å². The summed E-state index contributed by atoms with van der Waals surface area (Å²) in [5, 5.41) is 2.37. The second-order valence-corrected chi connectivity index (χ2v) is 5.74. The van der Waals surface area contributed by atoms with E-state index in [-0.39, 0.29) is 11.8 Å². The van der Waals surface area contributed by atoms with Gasteiger partial charge in [-0.3, -0.25) is 14.5 Å². The van der Waals surface area contributed by atoms with Crippen LogP contribution in [0.4, 0.5) is 0 Å². The quantitative estimate of drug-likeness (QED) is 0.692. The lowest BCUT2D eigenvalue weighted by Crippen LogP contribution is -2.31. The molecule has 0 spiro atoms. The fourth-order valence-corrected chi connectivity index (χ4v) is 3.08. The predicted molar refractivity (Wildman–Crippen MR) is 89.5 cm³/mol. The van der Waals surface area contributed by atoms with E-state index in [1.165, 1.54) is 15.7 Å². The largest absolute Gasteiger partial charge is 0.274 e. The first-order valence-electron chi connectivity index (χ1n) is 7.67. The summed E-state index contributed by atoms with van der Waals surface area (Å²) in [6, 6.07) is 21.4. The van der Waals surface area contributed by atoms with Crippen LogP contribution in [0.5, 0.6) is 0 Å². The minimum atomic E-state index is -0.189. The molecule has 0 aliphatic carbocycles. The van der Waals surface area contributed by atoms with Crippen LogP contribution < -0.4 is 0 Å². The first kappa shape index (κ1) is 13.7. The first-order valence-corrected chi connectivity index (χ1v) is 7.67. The Hall–Kier alpha value is -2.94. The third-order valence-electron chi connectivity index (χ3n) is 4.32. The van der Waals surface area contributed by atoms with Crippen molar-refractivity contribution < 1.29 is 9.59 Å². The van der Waals surface area contributed by atoms with E-state index < -0.39 is 0 Å². The number of nitrogens with zero attached hydrogens (tertiary/aromatic N) is 1. The minimum absolute atomic E-state index is 0.189. The molecular weight excluding hydrogens is 286 g/mol. The van der Waals surface area contributed by atoms with Gasteiger partial charge in [0.1, 0.15) is 0 Å². The molecule has 2 amide bonds. The molecule has 0 saturated carbocycles. The van der Waals surface area contributed by atoms with Gasteiger partial charge in [-0.15, -0.1) is 0 Å². The molecule has 0 atom stereocenters. The SMILES string of the molecule is O=C1c2ccccc2C(=O)N1CCc1ccc2ccccc2c1. The van der Waals surface area contributed by atoms with Crippen molar-refractivity contribution in [3.05, 3.63) is 83.4 Å². The molecule has 0 saturated heterocycles. The zero-order chi connectivity index (χ0) is 15.8. The number of rotatable bonds is 3. The maximum Gasteiger partial charge on any atom is 0.261 e. The van der Waals surface area contributed by atoms with Crippen LogP contribution in [0.1, 0.15) is 26.3 Å². The summed E-state index contributed by atoms with van der Waals surface area (Å²) in [7, 11) is 0. The topological polar surface area (TPSA) is 37.4 Å². The second kappa shape index (κ2) is 5.36. The highest BCUT2D eigenvalue weighted by Crippen LogP contribution is 2.23. The van der Waals surface area contributed by atoms with Crippen LogP contribution in [-0.2, 0) is 6.42 Å². The van der Waals surface area contributed by atoms with Crippen LogP contribution in [0.25, 0.3) is 10.8 Å². The standard InChI is InChI=1S/C20H15NO2/c22-19-17-7-3-4-8-18(17)20(23)21(19)12-11-14-9-10-15-5-1-2-6-16(15)13-14/h1-10,13H,11-12H2. The zero-order valence-electron chi connectivity index (χ0n) is 12.5. The van der Waals surface area contributed by atoms with Gasteiger partial charge >= 0.3 is 0 Å². The average molecular weight is 301 g/mol. The van der Waals surface area contributed by atoms with Crippen LogP contribution in [0.2, 0.25) is 0 Å². The Bertz CT molecular complexity index is 895. The van der Waals surface area contributed by atoms with Gasteiger partial charge in [0.25, 0.3) is 11.8 Å². The molecule has 3 nitrogen and oxygen atoms in total. The minimum Gasteiger partial charge on any atom is -0.274 e. The number of amides is 2. The molecule has 1 heterocycles. The van der Waals surface area contributed by atoms with E-state index in [2.05, 4.69) is 30.3 Å². The normalized spacial score (nSPS) is 13.7. The smallest absolute Gasteiger partial charge is 0.261 e.